The van der Waals surface area contributed by atoms with E-state index in [0.29, 0.717) is 21.3 Å². The standard InChI is InChI=1S/C26H18Cl3N3O/c1-15(16-7-9-18(27)10-8-16)32-14-30-23(17-5-3-2-4-6-17)25(32)22-20-12-11-19(28)13-21(20)31-24(22)26(29)33/h2-15,31H,1H3/t15-/m0/s1. The quantitative estimate of drug-likeness (QED) is 0.252. The summed E-state index contributed by atoms with van der Waals surface area (Å²) in [7, 11) is 0. The molecule has 164 valence electrons. The molecule has 2 aromatic heterocycles. The molecule has 0 aliphatic carbocycles. The first-order chi connectivity index (χ1) is 15.9. The third-order valence-electron chi connectivity index (χ3n) is 5.80. The van der Waals surface area contributed by atoms with E-state index < -0.39 is 5.24 Å². The second kappa shape index (κ2) is 8.71. The van der Waals surface area contributed by atoms with Gasteiger partial charge in [0.15, 0.2) is 0 Å². The summed E-state index contributed by atoms with van der Waals surface area (Å²) >= 11 is 18.4. The zero-order chi connectivity index (χ0) is 23.1. The number of rotatable bonds is 5. The first-order valence-electron chi connectivity index (χ1n) is 10.3. The number of hydrogen-bond acceptors (Lipinski definition) is 2. The molecule has 0 radical (unpaired) electrons. The van der Waals surface area contributed by atoms with Crippen molar-refractivity contribution in [3.63, 3.8) is 0 Å². The van der Waals surface area contributed by atoms with Gasteiger partial charge < -0.3 is 9.55 Å². The van der Waals surface area contributed by atoms with Gasteiger partial charge in [0.2, 0.25) is 0 Å². The summed E-state index contributed by atoms with van der Waals surface area (Å²) in [5, 5.41) is 1.49. The van der Waals surface area contributed by atoms with E-state index in [9.17, 15) is 4.79 Å². The molecule has 0 fully saturated rings. The van der Waals surface area contributed by atoms with Gasteiger partial charge in [0.1, 0.15) is 5.69 Å². The SMILES string of the molecule is C[C@@H](c1ccc(Cl)cc1)n1cnc(-c2ccccc2)c1-c1c(C(=O)Cl)[nH]c2cc(Cl)ccc12. The van der Waals surface area contributed by atoms with E-state index in [4.69, 9.17) is 39.8 Å². The van der Waals surface area contributed by atoms with E-state index in [1.807, 2.05) is 60.7 Å². The van der Waals surface area contributed by atoms with Crippen molar-refractivity contribution in [2.45, 2.75) is 13.0 Å². The number of halogens is 3. The Balaban J connectivity index is 1.83. The second-order valence-corrected chi connectivity index (χ2v) is 9.00. The summed E-state index contributed by atoms with van der Waals surface area (Å²) in [6, 6.07) is 23.0. The van der Waals surface area contributed by atoms with E-state index in [1.54, 1.807) is 18.5 Å². The Morgan fingerprint density at radius 3 is 2.36 bits per heavy atom. The number of fused-ring (bicyclic) bond motifs is 1. The first kappa shape index (κ1) is 21.8. The molecule has 1 N–H and O–H groups in total. The fraction of sp³-hybridized carbons (Fsp3) is 0.0769. The number of H-pyrrole nitrogens is 1. The van der Waals surface area contributed by atoms with Crippen LogP contribution < -0.4 is 0 Å². The van der Waals surface area contributed by atoms with Crippen molar-refractivity contribution in [2.75, 3.05) is 0 Å². The van der Waals surface area contributed by atoms with Crippen molar-refractivity contribution < 1.29 is 4.79 Å². The van der Waals surface area contributed by atoms with Gasteiger partial charge in [-0.2, -0.15) is 0 Å². The molecule has 33 heavy (non-hydrogen) atoms. The van der Waals surface area contributed by atoms with Gasteiger partial charge in [-0.3, -0.25) is 4.79 Å². The minimum atomic E-state index is -0.580. The van der Waals surface area contributed by atoms with E-state index in [2.05, 4.69) is 16.5 Å². The van der Waals surface area contributed by atoms with E-state index in [1.165, 1.54) is 0 Å². The first-order valence-corrected chi connectivity index (χ1v) is 11.5. The van der Waals surface area contributed by atoms with Crippen molar-refractivity contribution in [3.8, 4) is 22.5 Å². The molecule has 0 saturated carbocycles. The molecular formula is C26H18Cl3N3O. The van der Waals surface area contributed by atoms with Crippen LogP contribution >= 0.6 is 34.8 Å². The lowest BCUT2D eigenvalue weighted by molar-refractivity contribution is 0.107. The van der Waals surface area contributed by atoms with Crippen LogP contribution in [0.5, 0.6) is 0 Å². The van der Waals surface area contributed by atoms with Crippen LogP contribution in [0, 0.1) is 0 Å². The van der Waals surface area contributed by atoms with Crippen LogP contribution in [0.15, 0.2) is 79.1 Å². The Morgan fingerprint density at radius 1 is 0.970 bits per heavy atom. The molecule has 0 amide bonds. The van der Waals surface area contributed by atoms with E-state index in [0.717, 1.165) is 33.4 Å². The van der Waals surface area contributed by atoms with Gasteiger partial charge >= 0.3 is 0 Å². The van der Waals surface area contributed by atoms with Gasteiger partial charge in [0.25, 0.3) is 5.24 Å². The van der Waals surface area contributed by atoms with Crippen molar-refractivity contribution in [1.29, 1.82) is 0 Å². The number of nitrogens with zero attached hydrogens (tertiary/aromatic N) is 2. The van der Waals surface area contributed by atoms with Gasteiger partial charge in [0, 0.05) is 32.1 Å². The predicted molar refractivity (Wildman–Crippen MR) is 135 cm³/mol. The van der Waals surface area contributed by atoms with Crippen LogP contribution in [0.2, 0.25) is 10.0 Å². The van der Waals surface area contributed by atoms with Crippen LogP contribution in [0.3, 0.4) is 0 Å². The maximum absolute atomic E-state index is 12.5. The summed E-state index contributed by atoms with van der Waals surface area (Å²) in [5.41, 5.74) is 5.26. The molecule has 0 bridgehead atoms. The highest BCUT2D eigenvalue weighted by Crippen LogP contribution is 2.41. The lowest BCUT2D eigenvalue weighted by Crippen LogP contribution is -2.08. The molecule has 7 heteroatoms. The minimum Gasteiger partial charge on any atom is -0.350 e. The molecule has 0 aliphatic heterocycles. The average molecular weight is 495 g/mol. The normalized spacial score (nSPS) is 12.2. The lowest BCUT2D eigenvalue weighted by atomic mass is 10.0. The van der Waals surface area contributed by atoms with Crippen LogP contribution in [0.25, 0.3) is 33.4 Å². The van der Waals surface area contributed by atoms with Crippen LogP contribution in [-0.2, 0) is 0 Å². The molecule has 0 saturated heterocycles. The second-order valence-electron chi connectivity index (χ2n) is 7.78. The maximum atomic E-state index is 12.5. The van der Waals surface area contributed by atoms with Gasteiger partial charge in [-0.1, -0.05) is 71.7 Å². The number of carbonyl (C=O) groups excluding carboxylic acids is 1. The number of hydrogen-bond donors (Lipinski definition) is 1. The Labute approximate surface area is 205 Å². The molecule has 0 spiro atoms. The Kier molecular flexibility index (Phi) is 5.75. The largest absolute Gasteiger partial charge is 0.350 e. The molecule has 4 nitrogen and oxygen atoms in total. The lowest BCUT2D eigenvalue weighted by Gasteiger charge is -2.19. The monoisotopic (exact) mass is 493 g/mol. The summed E-state index contributed by atoms with van der Waals surface area (Å²) in [4.78, 5) is 20.4. The van der Waals surface area contributed by atoms with Crippen LogP contribution in [-0.4, -0.2) is 19.8 Å². The summed E-state index contributed by atoms with van der Waals surface area (Å²) in [6.07, 6.45) is 1.80. The third kappa shape index (κ3) is 3.95. The van der Waals surface area contributed by atoms with Crippen LogP contribution in [0.1, 0.15) is 29.0 Å². The van der Waals surface area contributed by atoms with E-state index in [-0.39, 0.29) is 6.04 Å². The topological polar surface area (TPSA) is 50.7 Å². The van der Waals surface area contributed by atoms with Gasteiger partial charge in [-0.25, -0.2) is 4.98 Å². The Hall–Kier alpha value is -3.05. The average Bonchev–Trinajstić information content (AvgIpc) is 3.40. The molecule has 3 aromatic carbocycles. The Bertz CT molecular complexity index is 1470. The number of aromatic amines is 1. The third-order valence-corrected chi connectivity index (χ3v) is 6.48. The highest BCUT2D eigenvalue weighted by Gasteiger charge is 2.26. The number of nitrogens with one attached hydrogen (secondary N) is 1. The molecule has 0 unspecified atom stereocenters. The van der Waals surface area contributed by atoms with Gasteiger partial charge in [-0.05, 0) is 48.4 Å². The molecule has 2 heterocycles. The smallest absolute Gasteiger partial charge is 0.269 e. The summed E-state index contributed by atoms with van der Waals surface area (Å²) in [6.45, 7) is 2.08. The molecule has 0 aliphatic rings. The highest BCUT2D eigenvalue weighted by molar-refractivity contribution is 6.68. The van der Waals surface area contributed by atoms with Crippen molar-refractivity contribution in [1.82, 2.24) is 14.5 Å². The molecule has 1 atom stereocenters. The minimum absolute atomic E-state index is 0.0854. The maximum Gasteiger partial charge on any atom is 0.269 e. The number of benzene rings is 3. The number of imidazole rings is 1. The predicted octanol–water partition coefficient (Wildman–Crippen LogP) is 7.99. The highest BCUT2D eigenvalue weighted by atomic mass is 35.5. The summed E-state index contributed by atoms with van der Waals surface area (Å²) in [5.74, 6) is 0. The van der Waals surface area contributed by atoms with E-state index >= 15 is 0 Å². The van der Waals surface area contributed by atoms with Gasteiger partial charge in [-0.15, -0.1) is 0 Å². The molecule has 5 rings (SSSR count). The fourth-order valence-electron chi connectivity index (χ4n) is 4.17. The number of aromatic nitrogens is 3. The van der Waals surface area contributed by atoms with Gasteiger partial charge in [0.05, 0.1) is 23.8 Å². The van der Waals surface area contributed by atoms with Crippen LogP contribution in [0.4, 0.5) is 0 Å². The Morgan fingerprint density at radius 2 is 1.67 bits per heavy atom. The van der Waals surface area contributed by atoms with Crippen molar-refractivity contribution in [3.05, 3.63) is 100 Å². The zero-order valence-corrected chi connectivity index (χ0v) is 19.8. The van der Waals surface area contributed by atoms with Crippen molar-refractivity contribution >= 4 is 50.9 Å². The number of carbonyl (C=O) groups is 1. The van der Waals surface area contributed by atoms with Crippen molar-refractivity contribution in [2.24, 2.45) is 0 Å². The fourth-order valence-corrected chi connectivity index (χ4v) is 4.61. The summed E-state index contributed by atoms with van der Waals surface area (Å²) < 4.78 is 2.06. The zero-order valence-electron chi connectivity index (χ0n) is 17.5. The molecular weight excluding hydrogens is 477 g/mol. The molecule has 5 aromatic rings.